The maximum atomic E-state index is 13.8. The summed E-state index contributed by atoms with van der Waals surface area (Å²) in [6.07, 6.45) is 0. The second-order valence-electron chi connectivity index (χ2n) is 6.91. The molecule has 0 radical (unpaired) electrons. The van der Waals surface area contributed by atoms with Gasteiger partial charge in [0, 0.05) is 23.1 Å². The first-order valence-electron chi connectivity index (χ1n) is 7.44. The van der Waals surface area contributed by atoms with Crippen molar-refractivity contribution in [2.45, 2.75) is 38.7 Å². The number of carbonyl (C=O) groups excluding carboxylic acids is 1. The van der Waals surface area contributed by atoms with E-state index in [1.165, 1.54) is 13.0 Å². The van der Waals surface area contributed by atoms with Gasteiger partial charge in [0.15, 0.2) is 5.69 Å². The van der Waals surface area contributed by atoms with Crippen molar-refractivity contribution < 1.29 is 23.2 Å². The maximum absolute atomic E-state index is 13.8. The number of rotatable bonds is 4. The normalized spacial score (nSPS) is 14.3. The van der Waals surface area contributed by atoms with E-state index in [1.807, 2.05) is 20.8 Å². The van der Waals surface area contributed by atoms with E-state index >= 15 is 0 Å². The van der Waals surface area contributed by atoms with Crippen molar-refractivity contribution in [1.82, 2.24) is 10.5 Å². The van der Waals surface area contributed by atoms with Crippen LogP contribution in [0.1, 0.15) is 49.5 Å². The van der Waals surface area contributed by atoms with Gasteiger partial charge in [-0.1, -0.05) is 32.0 Å². The molecule has 0 aliphatic rings. The lowest BCUT2D eigenvalue weighted by molar-refractivity contribution is 0.0492. The molecule has 0 aliphatic carbocycles. The van der Waals surface area contributed by atoms with Gasteiger partial charge in [0.05, 0.1) is 6.54 Å². The highest BCUT2D eigenvalue weighted by atomic mass is 19.1. The Labute approximate surface area is 138 Å². The highest BCUT2D eigenvalue weighted by Crippen LogP contribution is 2.24. The van der Waals surface area contributed by atoms with Crippen LogP contribution in [0, 0.1) is 11.6 Å². The van der Waals surface area contributed by atoms with Crippen LogP contribution in [0.25, 0.3) is 0 Å². The second-order valence-corrected chi connectivity index (χ2v) is 6.91. The number of nitrogens with one attached hydrogen (secondary N) is 1. The molecule has 1 heterocycles. The zero-order chi connectivity index (χ0) is 18.1. The predicted octanol–water partition coefficient (Wildman–Crippen LogP) is 2.89. The Morgan fingerprint density at radius 3 is 2.46 bits per heavy atom. The van der Waals surface area contributed by atoms with Gasteiger partial charge < -0.3 is 14.9 Å². The molecule has 1 atom stereocenters. The van der Waals surface area contributed by atoms with Crippen molar-refractivity contribution in [3.63, 3.8) is 0 Å². The first-order valence-corrected chi connectivity index (χ1v) is 7.44. The van der Waals surface area contributed by atoms with Crippen LogP contribution in [-0.4, -0.2) is 22.7 Å². The van der Waals surface area contributed by atoms with E-state index in [0.29, 0.717) is 11.8 Å². The van der Waals surface area contributed by atoms with Gasteiger partial charge in [0.2, 0.25) is 0 Å². The van der Waals surface area contributed by atoms with Gasteiger partial charge in [-0.25, -0.2) is 8.78 Å². The number of aromatic nitrogens is 1. The van der Waals surface area contributed by atoms with Gasteiger partial charge in [-0.05, 0) is 13.0 Å². The molecule has 130 valence electrons. The summed E-state index contributed by atoms with van der Waals surface area (Å²) in [6, 6.07) is 4.38. The molecule has 0 fully saturated rings. The Kier molecular flexibility index (Phi) is 4.75. The monoisotopic (exact) mass is 338 g/mol. The smallest absolute Gasteiger partial charge is 0.273 e. The number of aliphatic hydroxyl groups is 1. The minimum Gasteiger partial charge on any atom is -0.383 e. The van der Waals surface area contributed by atoms with Gasteiger partial charge in [-0.2, -0.15) is 0 Å². The summed E-state index contributed by atoms with van der Waals surface area (Å²) in [5.41, 5.74) is -2.05. The minimum atomic E-state index is -1.70. The standard InChI is InChI=1S/C17H20F2N2O3/c1-16(2,3)14-8-13(21-24-14)15(22)20-9-17(4,23)11-6-5-10(18)7-12(11)19/h5-8,23H,9H2,1-4H3,(H,20,22). The van der Waals surface area contributed by atoms with Crippen LogP contribution in [0.3, 0.4) is 0 Å². The third-order valence-electron chi connectivity index (χ3n) is 3.59. The van der Waals surface area contributed by atoms with Crippen molar-refractivity contribution in [2.24, 2.45) is 0 Å². The Morgan fingerprint density at radius 2 is 1.92 bits per heavy atom. The largest absolute Gasteiger partial charge is 0.383 e. The Balaban J connectivity index is 2.08. The minimum absolute atomic E-state index is 0.0651. The van der Waals surface area contributed by atoms with E-state index in [0.717, 1.165) is 12.1 Å². The highest BCUT2D eigenvalue weighted by molar-refractivity contribution is 5.92. The fourth-order valence-corrected chi connectivity index (χ4v) is 2.10. The molecule has 2 aromatic rings. The lowest BCUT2D eigenvalue weighted by Crippen LogP contribution is -2.39. The lowest BCUT2D eigenvalue weighted by Gasteiger charge is -2.24. The highest BCUT2D eigenvalue weighted by Gasteiger charge is 2.29. The number of benzene rings is 1. The van der Waals surface area contributed by atoms with Crippen LogP contribution in [-0.2, 0) is 11.0 Å². The summed E-state index contributed by atoms with van der Waals surface area (Å²) in [7, 11) is 0. The Bertz CT molecular complexity index is 749. The van der Waals surface area contributed by atoms with E-state index in [1.54, 1.807) is 0 Å². The molecule has 1 aromatic carbocycles. The van der Waals surface area contributed by atoms with Crippen LogP contribution in [0.2, 0.25) is 0 Å². The topological polar surface area (TPSA) is 75.4 Å². The first kappa shape index (κ1) is 18.1. The summed E-state index contributed by atoms with van der Waals surface area (Å²) >= 11 is 0. The molecule has 0 bridgehead atoms. The quantitative estimate of drug-likeness (QED) is 0.899. The van der Waals surface area contributed by atoms with E-state index in [-0.39, 0.29) is 23.2 Å². The zero-order valence-electron chi connectivity index (χ0n) is 14.0. The third kappa shape index (κ3) is 3.97. The average molecular weight is 338 g/mol. The van der Waals surface area contributed by atoms with E-state index in [4.69, 9.17) is 4.52 Å². The number of hydrogen-bond donors (Lipinski definition) is 2. The van der Waals surface area contributed by atoms with E-state index < -0.39 is 23.1 Å². The second kappa shape index (κ2) is 6.32. The van der Waals surface area contributed by atoms with Crippen LogP contribution >= 0.6 is 0 Å². The number of carbonyl (C=O) groups is 1. The van der Waals surface area contributed by atoms with Crippen LogP contribution < -0.4 is 5.32 Å². The lowest BCUT2D eigenvalue weighted by atomic mass is 9.93. The molecule has 7 heteroatoms. The molecule has 0 saturated heterocycles. The summed E-state index contributed by atoms with van der Waals surface area (Å²) < 4.78 is 31.9. The van der Waals surface area contributed by atoms with Crippen molar-refractivity contribution >= 4 is 5.91 Å². The average Bonchev–Trinajstić information content (AvgIpc) is 2.94. The van der Waals surface area contributed by atoms with Gasteiger partial charge >= 0.3 is 0 Å². The molecule has 1 unspecified atom stereocenters. The van der Waals surface area contributed by atoms with Crippen molar-refractivity contribution in [3.8, 4) is 0 Å². The van der Waals surface area contributed by atoms with Crippen molar-refractivity contribution in [1.29, 1.82) is 0 Å². The molecular formula is C17H20F2N2O3. The molecule has 24 heavy (non-hydrogen) atoms. The molecule has 0 spiro atoms. The summed E-state index contributed by atoms with van der Waals surface area (Å²) in [6.45, 7) is 6.80. The third-order valence-corrected chi connectivity index (χ3v) is 3.59. The Hall–Kier alpha value is -2.28. The Morgan fingerprint density at radius 1 is 1.25 bits per heavy atom. The van der Waals surface area contributed by atoms with E-state index in [2.05, 4.69) is 10.5 Å². The SMILES string of the molecule is CC(C)(C)c1cc(C(=O)NCC(C)(O)c2ccc(F)cc2F)no1. The van der Waals surface area contributed by atoms with Gasteiger partial charge in [-0.3, -0.25) is 4.79 Å². The molecule has 0 aliphatic heterocycles. The van der Waals surface area contributed by atoms with Crippen LogP contribution in [0.15, 0.2) is 28.8 Å². The first-order chi connectivity index (χ1) is 11.0. The van der Waals surface area contributed by atoms with Crippen LogP contribution in [0.5, 0.6) is 0 Å². The van der Waals surface area contributed by atoms with Crippen LogP contribution in [0.4, 0.5) is 8.78 Å². The molecule has 1 aromatic heterocycles. The van der Waals surface area contributed by atoms with Gasteiger partial charge in [0.25, 0.3) is 5.91 Å². The number of nitrogens with zero attached hydrogens (tertiary/aromatic N) is 1. The summed E-state index contributed by atoms with van der Waals surface area (Å²) in [5, 5.41) is 16.5. The van der Waals surface area contributed by atoms with Crippen molar-refractivity contribution in [3.05, 3.63) is 52.9 Å². The summed E-state index contributed by atoms with van der Waals surface area (Å²) in [5.74, 6) is -1.64. The molecule has 0 saturated carbocycles. The fraction of sp³-hybridized carbons (Fsp3) is 0.412. The number of hydrogen-bond acceptors (Lipinski definition) is 4. The fourth-order valence-electron chi connectivity index (χ4n) is 2.10. The molecule has 5 nitrogen and oxygen atoms in total. The van der Waals surface area contributed by atoms with Gasteiger partial charge in [0.1, 0.15) is 23.0 Å². The molecule has 1 amide bonds. The van der Waals surface area contributed by atoms with Gasteiger partial charge in [-0.15, -0.1) is 0 Å². The van der Waals surface area contributed by atoms with Crippen molar-refractivity contribution in [2.75, 3.05) is 6.54 Å². The van der Waals surface area contributed by atoms with E-state index in [9.17, 15) is 18.7 Å². The number of halogens is 2. The molecular weight excluding hydrogens is 318 g/mol. The maximum Gasteiger partial charge on any atom is 0.273 e. The summed E-state index contributed by atoms with van der Waals surface area (Å²) in [4.78, 5) is 12.1. The predicted molar refractivity (Wildman–Crippen MR) is 83.5 cm³/mol. The molecule has 2 N–H and O–H groups in total. The molecule has 2 rings (SSSR count). The zero-order valence-corrected chi connectivity index (χ0v) is 14.0. The number of amides is 1.